The number of amides is 1. The minimum Gasteiger partial charge on any atom is -0.324 e. The number of fused-ring (bicyclic) bond motifs is 1. The first kappa shape index (κ1) is 14.3. The van der Waals surface area contributed by atoms with Crippen molar-refractivity contribution in [3.05, 3.63) is 59.4 Å². The number of halogens is 1. The first-order valence-corrected chi connectivity index (χ1v) is 8.09. The van der Waals surface area contributed by atoms with E-state index in [1.165, 1.54) is 0 Å². The number of imidazole rings is 1. The first-order valence-electron chi connectivity index (χ1n) is 7.71. The summed E-state index contributed by atoms with van der Waals surface area (Å²) in [5.41, 5.74) is 2.67. The standard InChI is InChI=1S/C18H16ClN3O/c19-13-4-3-5-14(10-13)20-17(23)11-22-16-7-2-1-6-15(16)21-18(22)12-8-9-12/h1-7,10,12H,8-9,11H2,(H,20,23). The number of benzene rings is 2. The van der Waals surface area contributed by atoms with Crippen LogP contribution in [0, 0.1) is 0 Å². The second-order valence-corrected chi connectivity index (χ2v) is 6.31. The van der Waals surface area contributed by atoms with E-state index in [-0.39, 0.29) is 12.5 Å². The number of hydrogen-bond donors (Lipinski definition) is 1. The summed E-state index contributed by atoms with van der Waals surface area (Å²) in [6.07, 6.45) is 2.30. The van der Waals surface area contributed by atoms with Gasteiger partial charge in [0.25, 0.3) is 0 Å². The van der Waals surface area contributed by atoms with Crippen LogP contribution < -0.4 is 5.32 Å². The molecule has 0 atom stereocenters. The quantitative estimate of drug-likeness (QED) is 0.781. The molecule has 3 aromatic rings. The Hall–Kier alpha value is -2.33. The van der Waals surface area contributed by atoms with Gasteiger partial charge in [0, 0.05) is 16.6 Å². The smallest absolute Gasteiger partial charge is 0.244 e. The molecule has 1 N–H and O–H groups in total. The summed E-state index contributed by atoms with van der Waals surface area (Å²) >= 11 is 5.96. The fourth-order valence-corrected chi connectivity index (χ4v) is 3.01. The van der Waals surface area contributed by atoms with Gasteiger partial charge < -0.3 is 9.88 Å². The second kappa shape index (κ2) is 5.70. The number of rotatable bonds is 4. The van der Waals surface area contributed by atoms with E-state index in [2.05, 4.69) is 5.32 Å². The van der Waals surface area contributed by atoms with Crippen molar-refractivity contribution in [1.82, 2.24) is 9.55 Å². The molecule has 4 rings (SSSR count). The molecule has 0 saturated heterocycles. The summed E-state index contributed by atoms with van der Waals surface area (Å²) < 4.78 is 2.03. The number of hydrogen-bond acceptors (Lipinski definition) is 2. The lowest BCUT2D eigenvalue weighted by molar-refractivity contribution is -0.116. The molecule has 0 unspecified atom stereocenters. The molecule has 0 spiro atoms. The van der Waals surface area contributed by atoms with Crippen molar-refractivity contribution < 1.29 is 4.79 Å². The number of nitrogens with one attached hydrogen (secondary N) is 1. The van der Waals surface area contributed by atoms with E-state index in [1.807, 2.05) is 41.0 Å². The highest BCUT2D eigenvalue weighted by Gasteiger charge is 2.30. The molecule has 5 heteroatoms. The minimum atomic E-state index is -0.0719. The average Bonchev–Trinajstić information content (AvgIpc) is 3.31. The molecular weight excluding hydrogens is 310 g/mol. The molecule has 23 heavy (non-hydrogen) atoms. The van der Waals surface area contributed by atoms with Crippen LogP contribution in [0.4, 0.5) is 5.69 Å². The number of carbonyl (C=O) groups excluding carboxylic acids is 1. The number of para-hydroxylation sites is 2. The van der Waals surface area contributed by atoms with E-state index in [9.17, 15) is 4.79 Å². The van der Waals surface area contributed by atoms with Crippen LogP contribution in [0.15, 0.2) is 48.5 Å². The van der Waals surface area contributed by atoms with Gasteiger partial charge in [-0.15, -0.1) is 0 Å². The van der Waals surface area contributed by atoms with Gasteiger partial charge in [0.1, 0.15) is 12.4 Å². The fraction of sp³-hybridized carbons (Fsp3) is 0.222. The zero-order valence-corrected chi connectivity index (χ0v) is 13.3. The topological polar surface area (TPSA) is 46.9 Å². The van der Waals surface area contributed by atoms with E-state index in [4.69, 9.17) is 16.6 Å². The molecule has 116 valence electrons. The maximum Gasteiger partial charge on any atom is 0.244 e. The molecule has 1 aliphatic carbocycles. The Morgan fingerprint density at radius 2 is 2.04 bits per heavy atom. The van der Waals surface area contributed by atoms with Crippen molar-refractivity contribution in [1.29, 1.82) is 0 Å². The predicted molar refractivity (Wildman–Crippen MR) is 91.8 cm³/mol. The van der Waals surface area contributed by atoms with Crippen LogP contribution in [0.3, 0.4) is 0 Å². The lowest BCUT2D eigenvalue weighted by Gasteiger charge is -2.10. The Labute approximate surface area is 139 Å². The predicted octanol–water partition coefficient (Wildman–Crippen LogP) is 4.21. The number of carbonyl (C=O) groups is 1. The molecule has 2 aromatic carbocycles. The molecule has 4 nitrogen and oxygen atoms in total. The van der Waals surface area contributed by atoms with Gasteiger partial charge in [-0.2, -0.15) is 0 Å². The van der Waals surface area contributed by atoms with E-state index >= 15 is 0 Å². The van der Waals surface area contributed by atoms with Gasteiger partial charge in [-0.25, -0.2) is 4.98 Å². The molecule has 1 fully saturated rings. The number of aromatic nitrogens is 2. The third-order valence-electron chi connectivity index (χ3n) is 4.04. The van der Waals surface area contributed by atoms with Crippen molar-refractivity contribution in [2.24, 2.45) is 0 Å². The minimum absolute atomic E-state index is 0.0719. The molecule has 0 aliphatic heterocycles. The van der Waals surface area contributed by atoms with Crippen LogP contribution in [0.25, 0.3) is 11.0 Å². The van der Waals surface area contributed by atoms with Gasteiger partial charge in [0.15, 0.2) is 0 Å². The van der Waals surface area contributed by atoms with Crippen molar-refractivity contribution in [2.75, 3.05) is 5.32 Å². The van der Waals surface area contributed by atoms with Crippen LogP contribution in [-0.4, -0.2) is 15.5 Å². The Morgan fingerprint density at radius 3 is 2.83 bits per heavy atom. The monoisotopic (exact) mass is 325 g/mol. The van der Waals surface area contributed by atoms with Crippen LogP contribution >= 0.6 is 11.6 Å². The van der Waals surface area contributed by atoms with E-state index < -0.39 is 0 Å². The molecular formula is C18H16ClN3O. The third-order valence-corrected chi connectivity index (χ3v) is 4.27. The average molecular weight is 326 g/mol. The molecule has 1 aromatic heterocycles. The first-order chi connectivity index (χ1) is 11.2. The van der Waals surface area contributed by atoms with Crippen molar-refractivity contribution in [3.8, 4) is 0 Å². The normalized spacial score (nSPS) is 14.1. The summed E-state index contributed by atoms with van der Waals surface area (Å²) in [6.45, 7) is 0.263. The Bertz CT molecular complexity index is 883. The van der Waals surface area contributed by atoms with Crippen molar-refractivity contribution >= 4 is 34.2 Å². The summed E-state index contributed by atoms with van der Waals surface area (Å²) in [5, 5.41) is 3.51. The lowest BCUT2D eigenvalue weighted by Crippen LogP contribution is -2.20. The van der Waals surface area contributed by atoms with Gasteiger partial charge in [-0.3, -0.25) is 4.79 Å². The van der Waals surface area contributed by atoms with Gasteiger partial charge in [0.05, 0.1) is 11.0 Å². The van der Waals surface area contributed by atoms with Crippen LogP contribution in [0.2, 0.25) is 5.02 Å². The highest BCUT2D eigenvalue weighted by atomic mass is 35.5. The van der Waals surface area contributed by atoms with Crippen LogP contribution in [0.1, 0.15) is 24.6 Å². The largest absolute Gasteiger partial charge is 0.324 e. The number of anilines is 1. The van der Waals surface area contributed by atoms with Crippen molar-refractivity contribution in [2.45, 2.75) is 25.3 Å². The highest BCUT2D eigenvalue weighted by Crippen LogP contribution is 2.40. The van der Waals surface area contributed by atoms with Gasteiger partial charge in [-0.1, -0.05) is 29.8 Å². The molecule has 1 heterocycles. The van der Waals surface area contributed by atoms with E-state index in [0.29, 0.717) is 16.6 Å². The molecule has 1 aliphatic rings. The second-order valence-electron chi connectivity index (χ2n) is 5.88. The zero-order valence-electron chi connectivity index (χ0n) is 12.5. The molecule has 1 amide bonds. The SMILES string of the molecule is O=C(Cn1c(C2CC2)nc2ccccc21)Nc1cccc(Cl)c1. The maximum absolute atomic E-state index is 12.4. The van der Waals surface area contributed by atoms with Gasteiger partial charge in [0.2, 0.25) is 5.91 Å². The van der Waals surface area contributed by atoms with Gasteiger partial charge >= 0.3 is 0 Å². The van der Waals surface area contributed by atoms with E-state index in [1.54, 1.807) is 12.1 Å². The lowest BCUT2D eigenvalue weighted by atomic mass is 10.3. The Morgan fingerprint density at radius 1 is 1.22 bits per heavy atom. The summed E-state index contributed by atoms with van der Waals surface area (Å²) in [5.74, 6) is 1.44. The fourth-order valence-electron chi connectivity index (χ4n) is 2.82. The van der Waals surface area contributed by atoms with Crippen LogP contribution in [-0.2, 0) is 11.3 Å². The number of nitrogens with zero attached hydrogens (tertiary/aromatic N) is 2. The molecule has 0 bridgehead atoms. The summed E-state index contributed by atoms with van der Waals surface area (Å²) in [7, 11) is 0. The Balaban J connectivity index is 1.61. The summed E-state index contributed by atoms with van der Waals surface area (Å²) in [6, 6.07) is 15.1. The molecule has 0 radical (unpaired) electrons. The Kier molecular flexibility index (Phi) is 3.54. The molecule has 1 saturated carbocycles. The maximum atomic E-state index is 12.4. The van der Waals surface area contributed by atoms with Gasteiger partial charge in [-0.05, 0) is 43.2 Å². The zero-order chi connectivity index (χ0) is 15.8. The van der Waals surface area contributed by atoms with Crippen molar-refractivity contribution in [3.63, 3.8) is 0 Å². The highest BCUT2D eigenvalue weighted by molar-refractivity contribution is 6.30. The third kappa shape index (κ3) is 2.94. The summed E-state index contributed by atoms with van der Waals surface area (Å²) in [4.78, 5) is 17.1. The van der Waals surface area contributed by atoms with E-state index in [0.717, 1.165) is 29.7 Å². The van der Waals surface area contributed by atoms with Crippen LogP contribution in [0.5, 0.6) is 0 Å².